The summed E-state index contributed by atoms with van der Waals surface area (Å²) in [6, 6.07) is 7.95. The molecule has 102 valence electrons. The van der Waals surface area contributed by atoms with Crippen molar-refractivity contribution in [2.24, 2.45) is 0 Å². The van der Waals surface area contributed by atoms with Crippen LogP contribution in [0.25, 0.3) is 11.3 Å². The number of nitrogens with zero attached hydrogens (tertiary/aromatic N) is 1. The van der Waals surface area contributed by atoms with E-state index in [0.29, 0.717) is 5.89 Å². The van der Waals surface area contributed by atoms with Crippen molar-refractivity contribution in [1.29, 1.82) is 0 Å². The highest BCUT2D eigenvalue weighted by Gasteiger charge is 2.12. The van der Waals surface area contributed by atoms with Crippen molar-refractivity contribution >= 4 is 0 Å². The molecule has 4 heteroatoms. The van der Waals surface area contributed by atoms with Crippen LogP contribution in [-0.2, 0) is 0 Å². The van der Waals surface area contributed by atoms with E-state index in [1.807, 2.05) is 52.1 Å². The highest BCUT2D eigenvalue weighted by molar-refractivity contribution is 5.58. The highest BCUT2D eigenvalue weighted by atomic mass is 16.5. The maximum absolute atomic E-state index is 5.75. The predicted octanol–water partition coefficient (Wildman–Crippen LogP) is 3.41. The Kier molecular flexibility index (Phi) is 4.22. The van der Waals surface area contributed by atoms with Gasteiger partial charge in [-0.2, -0.15) is 0 Å². The third kappa shape index (κ3) is 3.35. The zero-order valence-corrected chi connectivity index (χ0v) is 11.8. The molecular weight excluding hydrogens is 240 g/mol. The highest BCUT2D eigenvalue weighted by Crippen LogP contribution is 2.26. The van der Waals surface area contributed by atoms with Crippen LogP contribution >= 0.6 is 0 Å². The van der Waals surface area contributed by atoms with Crippen molar-refractivity contribution in [3.05, 3.63) is 36.4 Å². The lowest BCUT2D eigenvalue weighted by Gasteiger charge is -2.10. The van der Waals surface area contributed by atoms with Gasteiger partial charge in [-0.15, -0.1) is 0 Å². The maximum Gasteiger partial charge on any atom is 0.211 e. The average molecular weight is 260 g/mol. The van der Waals surface area contributed by atoms with E-state index in [2.05, 4.69) is 10.3 Å². The van der Waals surface area contributed by atoms with Gasteiger partial charge in [-0.3, -0.25) is 0 Å². The van der Waals surface area contributed by atoms with Gasteiger partial charge in [0, 0.05) is 5.56 Å². The van der Waals surface area contributed by atoms with Crippen LogP contribution in [0.1, 0.15) is 32.7 Å². The van der Waals surface area contributed by atoms with Crippen LogP contribution in [0.15, 0.2) is 34.9 Å². The number of oxazole rings is 1. The van der Waals surface area contributed by atoms with Crippen LogP contribution in [0.2, 0.25) is 0 Å². The van der Waals surface area contributed by atoms with Gasteiger partial charge in [0.05, 0.1) is 18.3 Å². The van der Waals surface area contributed by atoms with Gasteiger partial charge in [-0.05, 0) is 40.0 Å². The summed E-state index contributed by atoms with van der Waals surface area (Å²) in [6.45, 7) is 6.02. The smallest absolute Gasteiger partial charge is 0.211 e. The van der Waals surface area contributed by atoms with Crippen molar-refractivity contribution < 1.29 is 9.15 Å². The molecule has 2 aromatic rings. The van der Waals surface area contributed by atoms with E-state index in [1.54, 1.807) is 6.20 Å². The molecule has 1 aromatic carbocycles. The van der Waals surface area contributed by atoms with Crippen LogP contribution in [0, 0.1) is 0 Å². The third-order valence-corrected chi connectivity index (χ3v) is 2.82. The fourth-order valence-electron chi connectivity index (χ4n) is 1.74. The number of rotatable bonds is 5. The summed E-state index contributed by atoms with van der Waals surface area (Å²) in [4.78, 5) is 4.28. The molecule has 19 heavy (non-hydrogen) atoms. The van der Waals surface area contributed by atoms with Crippen LogP contribution in [0.3, 0.4) is 0 Å². The monoisotopic (exact) mass is 260 g/mol. The van der Waals surface area contributed by atoms with E-state index >= 15 is 0 Å². The molecule has 1 N–H and O–H groups in total. The maximum atomic E-state index is 5.75. The molecule has 0 bridgehead atoms. The van der Waals surface area contributed by atoms with Crippen LogP contribution in [0.4, 0.5) is 0 Å². The number of nitrogens with one attached hydrogen (secondary N) is 1. The van der Waals surface area contributed by atoms with Gasteiger partial charge in [0.15, 0.2) is 5.76 Å². The number of hydrogen-bond donors (Lipinski definition) is 1. The minimum absolute atomic E-state index is 0.101. The molecule has 4 nitrogen and oxygen atoms in total. The minimum Gasteiger partial charge on any atom is -0.491 e. The van der Waals surface area contributed by atoms with Gasteiger partial charge >= 0.3 is 0 Å². The lowest BCUT2D eigenvalue weighted by atomic mass is 10.2. The van der Waals surface area contributed by atoms with Gasteiger partial charge < -0.3 is 14.5 Å². The third-order valence-electron chi connectivity index (χ3n) is 2.82. The van der Waals surface area contributed by atoms with E-state index < -0.39 is 0 Å². The molecule has 1 heterocycles. The first kappa shape index (κ1) is 13.6. The topological polar surface area (TPSA) is 47.3 Å². The summed E-state index contributed by atoms with van der Waals surface area (Å²) >= 11 is 0. The largest absolute Gasteiger partial charge is 0.491 e. The van der Waals surface area contributed by atoms with Gasteiger partial charge in [0.2, 0.25) is 5.89 Å². The first-order valence-corrected chi connectivity index (χ1v) is 6.50. The standard InChI is InChI=1S/C15H20N2O2/c1-10(2)18-13-7-5-6-12(8-13)14-9-17-15(19-14)11(3)16-4/h5-11,16H,1-4H3. The second kappa shape index (κ2) is 5.89. The Balaban J connectivity index is 2.24. The van der Waals surface area contributed by atoms with E-state index in [4.69, 9.17) is 9.15 Å². The van der Waals surface area contributed by atoms with E-state index in [1.165, 1.54) is 0 Å². The lowest BCUT2D eigenvalue weighted by Crippen LogP contribution is -2.12. The molecule has 0 amide bonds. The summed E-state index contributed by atoms with van der Waals surface area (Å²) in [5.74, 6) is 2.28. The van der Waals surface area contributed by atoms with Gasteiger partial charge in [0.1, 0.15) is 5.75 Å². The number of aromatic nitrogens is 1. The summed E-state index contributed by atoms with van der Waals surface area (Å²) in [7, 11) is 1.88. The molecule has 0 fully saturated rings. The minimum atomic E-state index is 0.101. The van der Waals surface area contributed by atoms with Gasteiger partial charge in [-0.1, -0.05) is 12.1 Å². The summed E-state index contributed by atoms with van der Waals surface area (Å²) in [6.07, 6.45) is 1.90. The van der Waals surface area contributed by atoms with E-state index in [9.17, 15) is 0 Å². The average Bonchev–Trinajstić information content (AvgIpc) is 2.87. The SMILES string of the molecule is CNC(C)c1ncc(-c2cccc(OC(C)C)c2)o1. The zero-order valence-electron chi connectivity index (χ0n) is 11.8. The lowest BCUT2D eigenvalue weighted by molar-refractivity contribution is 0.242. The number of ether oxygens (including phenoxy) is 1. The van der Waals surface area contributed by atoms with Crippen molar-refractivity contribution in [2.45, 2.75) is 32.9 Å². The predicted molar refractivity (Wildman–Crippen MR) is 75.2 cm³/mol. The first-order chi connectivity index (χ1) is 9.10. The molecule has 0 saturated heterocycles. The second-order valence-electron chi connectivity index (χ2n) is 4.77. The normalized spacial score (nSPS) is 12.7. The molecule has 0 saturated carbocycles. The Hall–Kier alpha value is -1.81. The number of benzene rings is 1. The molecule has 1 aromatic heterocycles. The Morgan fingerprint density at radius 1 is 1.26 bits per heavy atom. The first-order valence-electron chi connectivity index (χ1n) is 6.50. The molecule has 0 aliphatic carbocycles. The van der Waals surface area contributed by atoms with E-state index in [-0.39, 0.29) is 12.1 Å². The van der Waals surface area contributed by atoms with Gasteiger partial charge in [-0.25, -0.2) is 4.98 Å². The summed E-state index contributed by atoms with van der Waals surface area (Å²) < 4.78 is 11.4. The fraction of sp³-hybridized carbons (Fsp3) is 0.400. The quantitative estimate of drug-likeness (QED) is 0.895. The number of hydrogen-bond acceptors (Lipinski definition) is 4. The summed E-state index contributed by atoms with van der Waals surface area (Å²) in [5, 5.41) is 3.10. The summed E-state index contributed by atoms with van der Waals surface area (Å²) in [5.41, 5.74) is 0.972. The zero-order chi connectivity index (χ0) is 13.8. The Bertz CT molecular complexity index is 534. The molecule has 0 radical (unpaired) electrons. The van der Waals surface area contributed by atoms with Crippen LogP contribution < -0.4 is 10.1 Å². The van der Waals surface area contributed by atoms with Gasteiger partial charge in [0.25, 0.3) is 0 Å². The van der Waals surface area contributed by atoms with Crippen molar-refractivity contribution in [1.82, 2.24) is 10.3 Å². The molecule has 0 aliphatic heterocycles. The molecule has 2 rings (SSSR count). The van der Waals surface area contributed by atoms with Crippen molar-refractivity contribution in [2.75, 3.05) is 7.05 Å². The van der Waals surface area contributed by atoms with Crippen molar-refractivity contribution in [3.63, 3.8) is 0 Å². The molecular formula is C15H20N2O2. The Labute approximate surface area is 113 Å². The second-order valence-corrected chi connectivity index (χ2v) is 4.77. The molecule has 1 unspecified atom stereocenters. The molecule has 1 atom stereocenters. The molecule has 0 spiro atoms. The Morgan fingerprint density at radius 2 is 2.05 bits per heavy atom. The Morgan fingerprint density at radius 3 is 2.74 bits per heavy atom. The van der Waals surface area contributed by atoms with Crippen LogP contribution in [0.5, 0.6) is 5.75 Å². The van der Waals surface area contributed by atoms with Crippen LogP contribution in [-0.4, -0.2) is 18.1 Å². The van der Waals surface area contributed by atoms with Crippen molar-refractivity contribution in [3.8, 4) is 17.1 Å². The fourth-order valence-corrected chi connectivity index (χ4v) is 1.74. The van der Waals surface area contributed by atoms with E-state index in [0.717, 1.165) is 17.1 Å². The molecule has 0 aliphatic rings.